The Labute approximate surface area is 130 Å². The first-order chi connectivity index (χ1) is 10.3. The first kappa shape index (κ1) is 18.2. The van der Waals surface area contributed by atoms with Crippen LogP contribution in [0.5, 0.6) is 0 Å². The van der Waals surface area contributed by atoms with Crippen molar-refractivity contribution in [2.24, 2.45) is 11.8 Å². The summed E-state index contributed by atoms with van der Waals surface area (Å²) < 4.78 is 10.2. The van der Waals surface area contributed by atoms with Crippen LogP contribution in [0.2, 0.25) is 0 Å². The van der Waals surface area contributed by atoms with Crippen LogP contribution in [-0.4, -0.2) is 35.7 Å². The van der Waals surface area contributed by atoms with Crippen molar-refractivity contribution in [3.05, 3.63) is 12.2 Å². The normalized spacial score (nSPS) is 22.5. The van der Waals surface area contributed by atoms with Gasteiger partial charge in [0.25, 0.3) is 0 Å². The van der Waals surface area contributed by atoms with E-state index >= 15 is 0 Å². The zero-order valence-electron chi connectivity index (χ0n) is 13.2. The smallest absolute Gasteiger partial charge is 0.333 e. The van der Waals surface area contributed by atoms with Crippen LogP contribution in [0.15, 0.2) is 12.2 Å². The quantitative estimate of drug-likeness (QED) is 0.573. The Kier molecular flexibility index (Phi) is 7.08. The number of esters is 2. The Bertz CT molecular complexity index is 442. The number of ether oxygens (including phenoxy) is 2. The summed E-state index contributed by atoms with van der Waals surface area (Å²) in [4.78, 5) is 34.5. The number of hydrogen-bond acceptors (Lipinski definition) is 5. The lowest BCUT2D eigenvalue weighted by Crippen LogP contribution is -2.34. The fraction of sp³-hybridized carbons (Fsp3) is 0.688. The Morgan fingerprint density at radius 2 is 1.82 bits per heavy atom. The summed E-state index contributed by atoms with van der Waals surface area (Å²) in [5.74, 6) is -3.10. The first-order valence-corrected chi connectivity index (χ1v) is 7.58. The van der Waals surface area contributed by atoms with Gasteiger partial charge in [0.05, 0.1) is 18.4 Å². The fourth-order valence-electron chi connectivity index (χ4n) is 2.48. The molecule has 0 aromatic rings. The van der Waals surface area contributed by atoms with Crippen LogP contribution in [0, 0.1) is 11.8 Å². The van der Waals surface area contributed by atoms with Crippen LogP contribution >= 0.6 is 0 Å². The van der Waals surface area contributed by atoms with Gasteiger partial charge in [0.15, 0.2) is 0 Å². The van der Waals surface area contributed by atoms with E-state index in [2.05, 4.69) is 6.58 Å². The molecule has 3 atom stereocenters. The van der Waals surface area contributed by atoms with E-state index in [0.29, 0.717) is 24.8 Å². The molecule has 22 heavy (non-hydrogen) atoms. The summed E-state index contributed by atoms with van der Waals surface area (Å²) in [7, 11) is 0. The molecule has 1 fully saturated rings. The van der Waals surface area contributed by atoms with Gasteiger partial charge >= 0.3 is 17.9 Å². The predicted octanol–water partition coefficient (Wildman–Crippen LogP) is 2.32. The SMILES string of the molecule is C=C(C)C(=O)OC(C)CCOC(=O)C1CCCCC1C(=O)O. The summed E-state index contributed by atoms with van der Waals surface area (Å²) in [6.07, 6.45) is 2.72. The second-order valence-electron chi connectivity index (χ2n) is 5.79. The lowest BCUT2D eigenvalue weighted by atomic mass is 9.79. The third kappa shape index (κ3) is 5.50. The maximum absolute atomic E-state index is 12.0. The average molecular weight is 312 g/mol. The maximum Gasteiger partial charge on any atom is 0.333 e. The van der Waals surface area contributed by atoms with Gasteiger partial charge in [0.2, 0.25) is 0 Å². The second kappa shape index (κ2) is 8.56. The highest BCUT2D eigenvalue weighted by Gasteiger charge is 2.36. The summed E-state index contributed by atoms with van der Waals surface area (Å²) in [5.41, 5.74) is 0.315. The molecule has 0 amide bonds. The Hall–Kier alpha value is -1.85. The van der Waals surface area contributed by atoms with Gasteiger partial charge in [-0.15, -0.1) is 0 Å². The van der Waals surface area contributed by atoms with E-state index in [1.807, 2.05) is 0 Å². The van der Waals surface area contributed by atoms with Gasteiger partial charge < -0.3 is 14.6 Å². The topological polar surface area (TPSA) is 89.9 Å². The summed E-state index contributed by atoms with van der Waals surface area (Å²) in [6.45, 7) is 6.85. The number of aliphatic carboxylic acids is 1. The Balaban J connectivity index is 2.37. The first-order valence-electron chi connectivity index (χ1n) is 7.58. The fourth-order valence-corrected chi connectivity index (χ4v) is 2.48. The van der Waals surface area contributed by atoms with Crippen LogP contribution in [0.3, 0.4) is 0 Å². The molecule has 1 aliphatic carbocycles. The lowest BCUT2D eigenvalue weighted by Gasteiger charge is -2.26. The molecular weight excluding hydrogens is 288 g/mol. The van der Waals surface area contributed by atoms with Gasteiger partial charge in [0.1, 0.15) is 6.10 Å². The molecule has 0 aromatic carbocycles. The van der Waals surface area contributed by atoms with Crippen LogP contribution in [0.1, 0.15) is 46.0 Å². The molecule has 0 spiro atoms. The highest BCUT2D eigenvalue weighted by atomic mass is 16.6. The molecule has 0 heterocycles. The van der Waals surface area contributed by atoms with Gasteiger partial charge in [0, 0.05) is 12.0 Å². The minimum Gasteiger partial charge on any atom is -0.481 e. The van der Waals surface area contributed by atoms with E-state index in [1.165, 1.54) is 0 Å². The van der Waals surface area contributed by atoms with Crippen molar-refractivity contribution in [3.8, 4) is 0 Å². The van der Waals surface area contributed by atoms with Gasteiger partial charge in [-0.25, -0.2) is 4.79 Å². The molecule has 0 saturated heterocycles. The molecule has 0 aliphatic heterocycles. The van der Waals surface area contributed by atoms with Crippen LogP contribution in [0.4, 0.5) is 0 Å². The van der Waals surface area contributed by atoms with E-state index in [-0.39, 0.29) is 6.61 Å². The van der Waals surface area contributed by atoms with Crippen molar-refractivity contribution in [1.29, 1.82) is 0 Å². The molecule has 1 N–H and O–H groups in total. The van der Waals surface area contributed by atoms with E-state index in [9.17, 15) is 14.4 Å². The summed E-state index contributed by atoms with van der Waals surface area (Å²) in [6, 6.07) is 0. The molecule has 1 rings (SSSR count). The van der Waals surface area contributed by atoms with Crippen molar-refractivity contribution in [2.45, 2.75) is 52.1 Å². The zero-order valence-corrected chi connectivity index (χ0v) is 13.2. The molecule has 0 bridgehead atoms. The molecule has 1 aliphatic rings. The Morgan fingerprint density at radius 3 is 2.36 bits per heavy atom. The molecule has 0 aromatic heterocycles. The van der Waals surface area contributed by atoms with Gasteiger partial charge in [-0.3, -0.25) is 9.59 Å². The van der Waals surface area contributed by atoms with Gasteiger partial charge in [-0.1, -0.05) is 19.4 Å². The zero-order chi connectivity index (χ0) is 16.7. The molecule has 6 heteroatoms. The molecule has 124 valence electrons. The molecule has 6 nitrogen and oxygen atoms in total. The lowest BCUT2D eigenvalue weighted by molar-refractivity contribution is -0.160. The standard InChI is InChI=1S/C16H24O6/c1-10(2)15(19)22-11(3)8-9-21-16(20)13-7-5-4-6-12(13)14(17)18/h11-13H,1,4-9H2,2-3H3,(H,17,18). The highest BCUT2D eigenvalue weighted by Crippen LogP contribution is 2.31. The van der Waals surface area contributed by atoms with E-state index in [0.717, 1.165) is 12.8 Å². The minimum absolute atomic E-state index is 0.103. The van der Waals surface area contributed by atoms with Crippen molar-refractivity contribution < 1.29 is 29.0 Å². The van der Waals surface area contributed by atoms with Gasteiger partial charge in [-0.05, 0) is 26.7 Å². The largest absolute Gasteiger partial charge is 0.481 e. The Morgan fingerprint density at radius 1 is 1.23 bits per heavy atom. The van der Waals surface area contributed by atoms with Crippen LogP contribution in [-0.2, 0) is 23.9 Å². The van der Waals surface area contributed by atoms with Gasteiger partial charge in [-0.2, -0.15) is 0 Å². The second-order valence-corrected chi connectivity index (χ2v) is 5.79. The highest BCUT2D eigenvalue weighted by molar-refractivity contribution is 5.87. The maximum atomic E-state index is 12.0. The number of rotatable bonds is 7. The molecule has 1 saturated carbocycles. The van der Waals surface area contributed by atoms with E-state index < -0.39 is 35.8 Å². The third-order valence-corrected chi connectivity index (χ3v) is 3.81. The number of carbonyl (C=O) groups excluding carboxylic acids is 2. The van der Waals surface area contributed by atoms with Crippen LogP contribution < -0.4 is 0 Å². The van der Waals surface area contributed by atoms with E-state index in [4.69, 9.17) is 14.6 Å². The van der Waals surface area contributed by atoms with Crippen molar-refractivity contribution in [1.82, 2.24) is 0 Å². The summed E-state index contributed by atoms with van der Waals surface area (Å²) in [5, 5.41) is 9.15. The van der Waals surface area contributed by atoms with Crippen LogP contribution in [0.25, 0.3) is 0 Å². The number of carboxylic acids is 1. The third-order valence-electron chi connectivity index (χ3n) is 3.81. The molecular formula is C16H24O6. The number of hydrogen-bond donors (Lipinski definition) is 1. The van der Waals surface area contributed by atoms with Crippen molar-refractivity contribution in [2.75, 3.05) is 6.61 Å². The van der Waals surface area contributed by atoms with E-state index in [1.54, 1.807) is 13.8 Å². The minimum atomic E-state index is -0.939. The monoisotopic (exact) mass is 312 g/mol. The average Bonchev–Trinajstić information content (AvgIpc) is 2.46. The molecule has 0 radical (unpaired) electrons. The van der Waals surface area contributed by atoms with Crippen molar-refractivity contribution >= 4 is 17.9 Å². The number of carboxylic acid groups (broad SMARTS) is 1. The molecule has 3 unspecified atom stereocenters. The van der Waals surface area contributed by atoms with Crippen molar-refractivity contribution in [3.63, 3.8) is 0 Å². The predicted molar refractivity (Wildman–Crippen MR) is 79.0 cm³/mol. The number of carbonyl (C=O) groups is 3. The summed E-state index contributed by atoms with van der Waals surface area (Å²) >= 11 is 0.